The first kappa shape index (κ1) is 32.7. The SMILES string of the molecule is O=C1C(=C(O)C=CCc2ccc(O)cc2)C(O)=C(C2OC(CO)C(O)C(O)C2O)C(=O)C1C1OC(CO)C(O)C(O)C1O. The fourth-order valence-corrected chi connectivity index (χ4v) is 5.40. The monoisotopic (exact) mass is 610 g/mol. The lowest BCUT2D eigenvalue weighted by atomic mass is 9.72. The van der Waals surface area contributed by atoms with E-state index in [2.05, 4.69) is 0 Å². The Labute approximate surface area is 244 Å². The topological polar surface area (TPSA) is 275 Å². The minimum absolute atomic E-state index is 0.0187. The molecule has 11 unspecified atom stereocenters. The van der Waals surface area contributed by atoms with E-state index < -0.39 is 114 Å². The maximum atomic E-state index is 13.8. The lowest BCUT2D eigenvalue weighted by molar-refractivity contribution is -0.239. The van der Waals surface area contributed by atoms with Gasteiger partial charge >= 0.3 is 0 Å². The molecule has 1 aliphatic carbocycles. The Morgan fingerprint density at radius 3 is 1.88 bits per heavy atom. The van der Waals surface area contributed by atoms with E-state index in [1.54, 1.807) is 12.1 Å². The number of phenolic OH excluding ortho intramolecular Hbond substituents is 1. The maximum Gasteiger partial charge on any atom is 0.183 e. The minimum Gasteiger partial charge on any atom is -0.508 e. The number of carbonyl (C=O) groups is 2. The largest absolute Gasteiger partial charge is 0.508 e. The quantitative estimate of drug-likeness (QED) is 0.0814. The van der Waals surface area contributed by atoms with Crippen LogP contribution in [0.15, 0.2) is 59.1 Å². The second-order valence-corrected chi connectivity index (χ2v) is 10.5. The van der Waals surface area contributed by atoms with Crippen LogP contribution < -0.4 is 0 Å². The van der Waals surface area contributed by atoms with Gasteiger partial charge in [0, 0.05) is 0 Å². The van der Waals surface area contributed by atoms with Crippen LogP contribution in [0, 0.1) is 5.92 Å². The van der Waals surface area contributed by atoms with E-state index >= 15 is 0 Å². The Bertz CT molecular complexity index is 1280. The van der Waals surface area contributed by atoms with Crippen LogP contribution >= 0.6 is 0 Å². The summed E-state index contributed by atoms with van der Waals surface area (Å²) in [7, 11) is 0. The van der Waals surface area contributed by atoms with Gasteiger partial charge in [0.25, 0.3) is 0 Å². The molecule has 2 aliphatic heterocycles. The predicted molar refractivity (Wildman–Crippen MR) is 141 cm³/mol. The summed E-state index contributed by atoms with van der Waals surface area (Å²) in [5.74, 6) is -6.82. The van der Waals surface area contributed by atoms with Crippen LogP contribution in [0.5, 0.6) is 5.75 Å². The standard InChI is InChI=1S/C28H34O15/c29-8-13-18(33)23(38)25(40)27(42-13)16-20(35)15(12(32)3-1-2-10-4-6-11(31)7-5-10)21(36)17(22(16)37)28-26(41)24(39)19(34)14(9-30)43-28/h1,3-7,13-14,16,18-19,23-34,36,38-41H,2,8-9H2. The third kappa shape index (κ3) is 6.09. The molecule has 2 saturated heterocycles. The van der Waals surface area contributed by atoms with Crippen molar-refractivity contribution in [2.75, 3.05) is 13.2 Å². The molecule has 0 saturated carbocycles. The Morgan fingerprint density at radius 2 is 1.30 bits per heavy atom. The first-order chi connectivity index (χ1) is 20.3. The number of carbonyl (C=O) groups excluding carboxylic acids is 2. The highest BCUT2D eigenvalue weighted by molar-refractivity contribution is 6.22. The fraction of sp³-hybridized carbons (Fsp3) is 0.500. The molecule has 0 radical (unpaired) electrons. The van der Waals surface area contributed by atoms with Crippen LogP contribution in [0.25, 0.3) is 0 Å². The number of ketones is 2. The van der Waals surface area contributed by atoms with Crippen molar-refractivity contribution < 1.29 is 75.2 Å². The zero-order valence-corrected chi connectivity index (χ0v) is 22.5. The van der Waals surface area contributed by atoms with Crippen LogP contribution in [-0.2, 0) is 25.5 Å². The molecule has 4 rings (SSSR count). The third-order valence-electron chi connectivity index (χ3n) is 7.83. The molecule has 3 aliphatic rings. The van der Waals surface area contributed by atoms with Gasteiger partial charge in [0.1, 0.15) is 89.8 Å². The van der Waals surface area contributed by atoms with Crippen molar-refractivity contribution in [2.24, 2.45) is 5.92 Å². The highest BCUT2D eigenvalue weighted by atomic mass is 16.6. The summed E-state index contributed by atoms with van der Waals surface area (Å²) in [4.78, 5) is 27.5. The molecule has 1 aromatic rings. The van der Waals surface area contributed by atoms with E-state index in [-0.39, 0.29) is 12.2 Å². The Hall–Kier alpha value is -3.22. The summed E-state index contributed by atoms with van der Waals surface area (Å²) in [6, 6.07) is 6.00. The number of rotatable bonds is 7. The van der Waals surface area contributed by atoms with Crippen LogP contribution in [0.2, 0.25) is 0 Å². The van der Waals surface area contributed by atoms with Gasteiger partial charge in [-0.05, 0) is 30.2 Å². The molecule has 0 amide bonds. The van der Waals surface area contributed by atoms with Crippen LogP contribution in [0.3, 0.4) is 0 Å². The molecular weight excluding hydrogens is 576 g/mol. The van der Waals surface area contributed by atoms with Gasteiger partial charge < -0.3 is 65.6 Å². The number of Topliss-reactive ketones (excluding diaryl/α,β-unsaturated/α-hetero) is 2. The number of ether oxygens (including phenoxy) is 2. The van der Waals surface area contributed by atoms with Gasteiger partial charge in [0.2, 0.25) is 0 Å². The number of hydrogen-bond acceptors (Lipinski definition) is 15. The second kappa shape index (κ2) is 13.2. The van der Waals surface area contributed by atoms with Crippen molar-refractivity contribution in [3.8, 4) is 5.75 Å². The highest BCUT2D eigenvalue weighted by Gasteiger charge is 2.57. The van der Waals surface area contributed by atoms with E-state index in [0.717, 1.165) is 6.08 Å². The first-order valence-corrected chi connectivity index (χ1v) is 13.3. The smallest absolute Gasteiger partial charge is 0.183 e. The number of aliphatic hydroxyl groups excluding tert-OH is 10. The van der Waals surface area contributed by atoms with Crippen LogP contribution in [0.4, 0.5) is 0 Å². The van der Waals surface area contributed by atoms with Gasteiger partial charge in [-0.25, -0.2) is 0 Å². The second-order valence-electron chi connectivity index (χ2n) is 10.5. The van der Waals surface area contributed by atoms with E-state index in [9.17, 15) is 65.8 Å². The molecule has 0 bridgehead atoms. The van der Waals surface area contributed by atoms with E-state index in [1.807, 2.05) is 0 Å². The first-order valence-electron chi connectivity index (χ1n) is 13.3. The molecule has 236 valence electrons. The molecule has 11 atom stereocenters. The van der Waals surface area contributed by atoms with Crippen molar-refractivity contribution in [1.29, 1.82) is 0 Å². The molecule has 1 aromatic carbocycles. The summed E-state index contributed by atoms with van der Waals surface area (Å²) < 4.78 is 10.9. The van der Waals surface area contributed by atoms with Gasteiger partial charge in [-0.15, -0.1) is 0 Å². The molecule has 0 aromatic heterocycles. The zero-order chi connectivity index (χ0) is 31.7. The third-order valence-corrected chi connectivity index (χ3v) is 7.83. The highest BCUT2D eigenvalue weighted by Crippen LogP contribution is 2.40. The van der Waals surface area contributed by atoms with Crippen molar-refractivity contribution >= 4 is 11.6 Å². The molecule has 2 fully saturated rings. The van der Waals surface area contributed by atoms with Gasteiger partial charge in [-0.3, -0.25) is 9.59 Å². The number of hydrogen-bond donors (Lipinski definition) is 11. The van der Waals surface area contributed by atoms with Crippen molar-refractivity contribution in [3.05, 3.63) is 64.6 Å². The van der Waals surface area contributed by atoms with Crippen LogP contribution in [0.1, 0.15) is 5.56 Å². The van der Waals surface area contributed by atoms with E-state index in [1.165, 1.54) is 18.2 Å². The average molecular weight is 611 g/mol. The fourth-order valence-electron chi connectivity index (χ4n) is 5.40. The van der Waals surface area contributed by atoms with Gasteiger partial charge in [0.15, 0.2) is 11.6 Å². The molecule has 15 nitrogen and oxygen atoms in total. The van der Waals surface area contributed by atoms with Gasteiger partial charge in [-0.1, -0.05) is 18.2 Å². The Kier molecular flexibility index (Phi) is 10.0. The lowest BCUT2D eigenvalue weighted by Crippen LogP contribution is -2.64. The molecule has 11 N–H and O–H groups in total. The number of phenols is 1. The number of aliphatic hydroxyl groups is 10. The Balaban J connectivity index is 1.82. The summed E-state index contributed by atoms with van der Waals surface area (Å²) >= 11 is 0. The average Bonchev–Trinajstić information content (AvgIpc) is 2.98. The van der Waals surface area contributed by atoms with Gasteiger partial charge in [-0.2, -0.15) is 0 Å². The molecule has 15 heteroatoms. The van der Waals surface area contributed by atoms with Crippen molar-refractivity contribution in [1.82, 2.24) is 0 Å². The molecule has 0 spiro atoms. The van der Waals surface area contributed by atoms with Gasteiger partial charge in [0.05, 0.1) is 18.8 Å². The lowest BCUT2D eigenvalue weighted by Gasteiger charge is -2.45. The Morgan fingerprint density at radius 1 is 0.744 bits per heavy atom. The summed E-state index contributed by atoms with van der Waals surface area (Å²) in [5, 5.41) is 113. The summed E-state index contributed by atoms with van der Waals surface area (Å²) in [6.07, 6.45) is -16.3. The van der Waals surface area contributed by atoms with E-state index in [0.29, 0.717) is 5.56 Å². The predicted octanol–water partition coefficient (Wildman–Crippen LogP) is -3.43. The van der Waals surface area contributed by atoms with E-state index in [4.69, 9.17) is 9.47 Å². The minimum atomic E-state index is -2.15. The van der Waals surface area contributed by atoms with Crippen molar-refractivity contribution in [2.45, 2.75) is 67.5 Å². The maximum absolute atomic E-state index is 13.8. The van der Waals surface area contributed by atoms with Crippen molar-refractivity contribution in [3.63, 3.8) is 0 Å². The number of allylic oxidation sites excluding steroid dienone is 3. The number of benzene rings is 1. The zero-order valence-electron chi connectivity index (χ0n) is 22.5. The van der Waals surface area contributed by atoms with Crippen LogP contribution in [-0.4, -0.2) is 142 Å². The summed E-state index contributed by atoms with van der Waals surface area (Å²) in [5.41, 5.74) is -1.10. The number of aromatic hydroxyl groups is 1. The summed E-state index contributed by atoms with van der Waals surface area (Å²) in [6.45, 7) is -1.79. The molecule has 2 heterocycles. The molecule has 43 heavy (non-hydrogen) atoms. The molecular formula is C28H34O15. The normalized spacial score (nSPS) is 38.6.